The van der Waals surface area contributed by atoms with Gasteiger partial charge in [0.05, 0.1) is 10.9 Å². The molecule has 7 rings (SSSR count). The first-order valence-corrected chi connectivity index (χ1v) is 15.1. The number of halogens is 3. The average Bonchev–Trinajstić information content (AvgIpc) is 3.70. The molecule has 3 aliphatic heterocycles. The lowest BCUT2D eigenvalue weighted by Gasteiger charge is -2.30. The quantitative estimate of drug-likeness (QED) is 0.251. The number of ether oxygens (including phenoxy) is 1. The smallest absolute Gasteiger partial charge is 0.319 e. The molecule has 4 atom stereocenters. The number of nitrogens with one attached hydrogen (secondary N) is 1. The second-order valence-electron chi connectivity index (χ2n) is 11.8. The van der Waals surface area contributed by atoms with Gasteiger partial charge < -0.3 is 15.2 Å². The molecule has 0 bridgehead atoms. The summed E-state index contributed by atoms with van der Waals surface area (Å²) in [7, 11) is 0. The van der Waals surface area contributed by atoms with Crippen LogP contribution < -0.4 is 10.1 Å². The number of pyridine rings is 1. The van der Waals surface area contributed by atoms with Crippen LogP contribution in [-0.4, -0.2) is 86.6 Å². The molecule has 0 spiro atoms. The highest BCUT2D eigenvalue weighted by molar-refractivity contribution is 6.36. The molecule has 0 aliphatic carbocycles. The Kier molecular flexibility index (Phi) is 7.41. The van der Waals surface area contributed by atoms with Gasteiger partial charge in [0.25, 0.3) is 0 Å². The summed E-state index contributed by atoms with van der Waals surface area (Å²) in [4.78, 5) is 17.8. The van der Waals surface area contributed by atoms with Crippen LogP contribution in [0.4, 0.5) is 14.6 Å². The fourth-order valence-electron chi connectivity index (χ4n) is 7.03. The van der Waals surface area contributed by atoms with Gasteiger partial charge in [-0.1, -0.05) is 48.5 Å². The molecule has 43 heavy (non-hydrogen) atoms. The van der Waals surface area contributed by atoms with E-state index in [1.807, 2.05) is 29.2 Å². The Morgan fingerprint density at radius 1 is 1.21 bits per heavy atom. The molecule has 224 valence electrons. The molecule has 0 radical (unpaired) electrons. The van der Waals surface area contributed by atoms with Crippen molar-refractivity contribution in [1.29, 1.82) is 0 Å². The van der Waals surface area contributed by atoms with E-state index >= 15 is 4.39 Å². The predicted molar refractivity (Wildman–Crippen MR) is 164 cm³/mol. The van der Waals surface area contributed by atoms with Crippen molar-refractivity contribution < 1.29 is 18.6 Å². The van der Waals surface area contributed by atoms with Crippen molar-refractivity contribution in [2.24, 2.45) is 0 Å². The van der Waals surface area contributed by atoms with Crippen LogP contribution in [0.2, 0.25) is 5.02 Å². The largest absolute Gasteiger partial charge is 0.461 e. The highest BCUT2D eigenvalue weighted by atomic mass is 35.5. The lowest BCUT2D eigenvalue weighted by molar-refractivity contribution is 0.0610. The summed E-state index contributed by atoms with van der Waals surface area (Å²) < 4.78 is 37.1. The molecule has 2 aromatic carbocycles. The van der Waals surface area contributed by atoms with Gasteiger partial charge >= 0.3 is 6.01 Å². The minimum absolute atomic E-state index is 0.0199. The van der Waals surface area contributed by atoms with Crippen LogP contribution in [0.15, 0.2) is 55.3 Å². The maximum atomic E-state index is 16.5. The topological polar surface area (TPSA) is 86.6 Å². The molecule has 0 saturated carbocycles. The first-order valence-electron chi connectivity index (χ1n) is 14.7. The predicted octanol–water partition coefficient (Wildman–Crippen LogP) is 5.58. The normalized spacial score (nSPS) is 24.9. The number of benzene rings is 2. The Morgan fingerprint density at radius 2 is 2.05 bits per heavy atom. The first kappa shape index (κ1) is 28.3. The lowest BCUT2D eigenvalue weighted by atomic mass is 9.95. The number of rotatable bonds is 8. The number of likely N-dealkylation sites (tertiary alicyclic amines) is 1. The van der Waals surface area contributed by atoms with Crippen LogP contribution in [-0.2, 0) is 0 Å². The van der Waals surface area contributed by atoms with Crippen molar-refractivity contribution in [2.45, 2.75) is 49.7 Å². The van der Waals surface area contributed by atoms with Gasteiger partial charge in [-0.25, -0.2) is 8.78 Å². The molecular formula is C32H33ClF2N6O2. The Bertz CT molecular complexity index is 1700. The maximum absolute atomic E-state index is 16.5. The van der Waals surface area contributed by atoms with E-state index in [1.54, 1.807) is 18.3 Å². The number of anilines is 1. The summed E-state index contributed by atoms with van der Waals surface area (Å²) in [6, 6.07) is 11.1. The van der Waals surface area contributed by atoms with Gasteiger partial charge in [-0.05, 0) is 43.3 Å². The van der Waals surface area contributed by atoms with E-state index in [9.17, 15) is 9.50 Å². The Labute approximate surface area is 253 Å². The van der Waals surface area contributed by atoms with E-state index in [1.165, 1.54) is 6.08 Å². The number of hydrogen-bond donors (Lipinski definition) is 2. The van der Waals surface area contributed by atoms with Gasteiger partial charge in [-0.2, -0.15) is 9.97 Å². The summed E-state index contributed by atoms with van der Waals surface area (Å²) in [5, 5.41) is 16.1. The summed E-state index contributed by atoms with van der Waals surface area (Å²) in [6.07, 6.45) is 4.38. The number of aliphatic hydroxyl groups excluding tert-OH is 1. The van der Waals surface area contributed by atoms with Gasteiger partial charge in [0, 0.05) is 54.3 Å². The molecule has 5 heterocycles. The minimum Gasteiger partial charge on any atom is -0.461 e. The lowest BCUT2D eigenvalue weighted by Crippen LogP contribution is -2.43. The Balaban J connectivity index is 1.29. The van der Waals surface area contributed by atoms with Gasteiger partial charge in [-0.15, -0.1) is 0 Å². The molecule has 3 fully saturated rings. The molecule has 2 N–H and O–H groups in total. The second-order valence-corrected chi connectivity index (χ2v) is 12.2. The standard InChI is InChI=1S/C32H33ClF2N6O2/c1-2-25(42)40-13-10-21(17-40)37-30-23-15-36-28(22-8-3-6-19-7-4-9-24(33)26(19)22)27(35)29(23)38-31(39-30)43-18-32-11-5-12-41(32)16-20(34)14-32/h2-4,6-9,15,20-21,25,42H,1,5,10-14,16-18H2,(H,37,38,39)/t20-,21-,25?,32+/m1/s1. The molecule has 11 heteroatoms. The maximum Gasteiger partial charge on any atom is 0.319 e. The number of aliphatic hydroxyl groups is 1. The van der Waals surface area contributed by atoms with Crippen molar-refractivity contribution in [3.8, 4) is 17.3 Å². The average molecular weight is 607 g/mol. The van der Waals surface area contributed by atoms with Crippen molar-refractivity contribution >= 4 is 39.1 Å². The van der Waals surface area contributed by atoms with Gasteiger partial charge in [0.15, 0.2) is 5.82 Å². The number of hydrogen-bond acceptors (Lipinski definition) is 8. The summed E-state index contributed by atoms with van der Waals surface area (Å²) >= 11 is 6.57. The number of alkyl halides is 1. The van der Waals surface area contributed by atoms with Crippen LogP contribution >= 0.6 is 11.6 Å². The zero-order valence-electron chi connectivity index (χ0n) is 23.6. The third-order valence-corrected chi connectivity index (χ3v) is 9.46. The minimum atomic E-state index is -0.895. The van der Waals surface area contributed by atoms with E-state index in [4.69, 9.17) is 16.3 Å². The molecule has 8 nitrogen and oxygen atoms in total. The van der Waals surface area contributed by atoms with Crippen molar-refractivity contribution in [2.75, 3.05) is 38.1 Å². The van der Waals surface area contributed by atoms with Crippen molar-refractivity contribution in [3.63, 3.8) is 0 Å². The summed E-state index contributed by atoms with van der Waals surface area (Å²) in [6.45, 7) is 6.35. The van der Waals surface area contributed by atoms with Gasteiger partial charge in [0.2, 0.25) is 0 Å². The van der Waals surface area contributed by atoms with E-state index in [2.05, 4.69) is 31.7 Å². The monoisotopic (exact) mass is 606 g/mol. The van der Waals surface area contributed by atoms with Crippen LogP contribution in [0.3, 0.4) is 0 Å². The fraction of sp³-hybridized carbons (Fsp3) is 0.406. The fourth-order valence-corrected chi connectivity index (χ4v) is 7.31. The SMILES string of the molecule is C=CC(O)N1CC[C@@H](Nc2nc(OC[C@@]34CCCN3C[C@H](F)C4)nc3c(F)c(-c4cccc5cccc(Cl)c45)ncc23)C1. The molecule has 4 aromatic rings. The zero-order chi connectivity index (χ0) is 29.7. The van der Waals surface area contributed by atoms with Crippen LogP contribution in [0, 0.1) is 5.82 Å². The summed E-state index contributed by atoms with van der Waals surface area (Å²) in [5.74, 6) is -0.217. The van der Waals surface area contributed by atoms with Crippen molar-refractivity contribution in [3.05, 3.63) is 66.1 Å². The van der Waals surface area contributed by atoms with Crippen LogP contribution in [0.25, 0.3) is 32.9 Å². The Morgan fingerprint density at radius 3 is 2.88 bits per heavy atom. The molecule has 3 saturated heterocycles. The molecule has 2 aromatic heterocycles. The third kappa shape index (κ3) is 5.10. The van der Waals surface area contributed by atoms with Gasteiger partial charge in [0.1, 0.15) is 36.0 Å². The molecule has 0 amide bonds. The highest BCUT2D eigenvalue weighted by Crippen LogP contribution is 2.41. The Hall–Kier alpha value is -3.44. The van der Waals surface area contributed by atoms with E-state index < -0.39 is 23.8 Å². The first-order chi connectivity index (χ1) is 20.8. The van der Waals surface area contributed by atoms with Crippen LogP contribution in [0.5, 0.6) is 6.01 Å². The van der Waals surface area contributed by atoms with Crippen molar-refractivity contribution in [1.82, 2.24) is 24.8 Å². The van der Waals surface area contributed by atoms with Crippen LogP contribution in [0.1, 0.15) is 25.7 Å². The van der Waals surface area contributed by atoms with E-state index in [0.717, 1.165) is 31.2 Å². The van der Waals surface area contributed by atoms with E-state index in [0.29, 0.717) is 53.2 Å². The van der Waals surface area contributed by atoms with Gasteiger partial charge in [-0.3, -0.25) is 14.8 Å². The summed E-state index contributed by atoms with van der Waals surface area (Å²) in [5.41, 5.74) is 0.348. The molecule has 1 unspecified atom stereocenters. The number of aromatic nitrogens is 3. The number of fused-ring (bicyclic) bond motifs is 3. The van der Waals surface area contributed by atoms with E-state index in [-0.39, 0.29) is 29.9 Å². The third-order valence-electron chi connectivity index (χ3n) is 9.15. The molecular weight excluding hydrogens is 574 g/mol. The zero-order valence-corrected chi connectivity index (χ0v) is 24.4. The highest BCUT2D eigenvalue weighted by Gasteiger charge is 2.49. The molecule has 3 aliphatic rings. The second kappa shape index (κ2) is 11.2. The number of nitrogens with zero attached hydrogens (tertiary/aromatic N) is 5.